The number of ether oxygens (including phenoxy) is 1. The molecule has 0 atom stereocenters. The maximum Gasteiger partial charge on any atom is 0.224 e. The Morgan fingerprint density at radius 2 is 2.05 bits per heavy atom. The summed E-state index contributed by atoms with van der Waals surface area (Å²) in [7, 11) is 0. The monoisotopic (exact) mass is 290 g/mol. The molecule has 5 heteroatoms. The highest BCUT2D eigenvalue weighted by atomic mass is 16.5. The number of amides is 1. The quantitative estimate of drug-likeness (QED) is 0.762. The topological polar surface area (TPSA) is 82.3 Å². The summed E-state index contributed by atoms with van der Waals surface area (Å²) in [6, 6.07) is 9.01. The van der Waals surface area contributed by atoms with E-state index >= 15 is 0 Å². The van der Waals surface area contributed by atoms with Crippen LogP contribution in [0.1, 0.15) is 25.8 Å². The van der Waals surface area contributed by atoms with E-state index in [0.29, 0.717) is 25.1 Å². The van der Waals surface area contributed by atoms with Gasteiger partial charge in [0.15, 0.2) is 6.61 Å². The van der Waals surface area contributed by atoms with Crippen molar-refractivity contribution in [2.45, 2.75) is 26.7 Å². The SMILES string of the molecule is CC(C)(CCO)CNC(=O)Cc1ccc(OCC#N)cc1. The van der Waals surface area contributed by atoms with Crippen LogP contribution in [0.4, 0.5) is 0 Å². The second kappa shape index (κ2) is 8.28. The Hall–Kier alpha value is -2.06. The van der Waals surface area contributed by atoms with Gasteiger partial charge in [-0.05, 0) is 29.5 Å². The predicted octanol–water partition coefficient (Wildman–Crippen LogP) is 1.66. The maximum absolute atomic E-state index is 11.9. The molecule has 2 N–H and O–H groups in total. The number of benzene rings is 1. The number of aliphatic hydroxyl groups excluding tert-OH is 1. The third-order valence-corrected chi connectivity index (χ3v) is 3.14. The van der Waals surface area contributed by atoms with Crippen LogP contribution >= 0.6 is 0 Å². The minimum absolute atomic E-state index is 0.0137. The molecule has 1 rings (SSSR count). The Kier molecular flexibility index (Phi) is 6.70. The molecule has 0 saturated heterocycles. The second-order valence-corrected chi connectivity index (χ2v) is 5.68. The van der Waals surface area contributed by atoms with Crippen LogP contribution in [0.25, 0.3) is 0 Å². The molecule has 0 fully saturated rings. The van der Waals surface area contributed by atoms with Gasteiger partial charge in [0.2, 0.25) is 5.91 Å². The van der Waals surface area contributed by atoms with Gasteiger partial charge >= 0.3 is 0 Å². The minimum Gasteiger partial charge on any atom is -0.479 e. The van der Waals surface area contributed by atoms with E-state index in [2.05, 4.69) is 5.32 Å². The lowest BCUT2D eigenvalue weighted by Gasteiger charge is -2.23. The van der Waals surface area contributed by atoms with Crippen LogP contribution in [0.3, 0.4) is 0 Å². The molecule has 0 radical (unpaired) electrons. The molecule has 0 bridgehead atoms. The van der Waals surface area contributed by atoms with Gasteiger partial charge in [-0.1, -0.05) is 26.0 Å². The zero-order chi connectivity index (χ0) is 15.7. The van der Waals surface area contributed by atoms with Gasteiger partial charge in [-0.3, -0.25) is 4.79 Å². The lowest BCUT2D eigenvalue weighted by molar-refractivity contribution is -0.120. The molecule has 0 aliphatic rings. The van der Waals surface area contributed by atoms with Crippen LogP contribution in [0.2, 0.25) is 0 Å². The first-order valence-electron chi connectivity index (χ1n) is 6.93. The van der Waals surface area contributed by atoms with Crippen molar-refractivity contribution >= 4 is 5.91 Å². The Bertz CT molecular complexity index is 489. The molecule has 0 saturated carbocycles. The van der Waals surface area contributed by atoms with E-state index < -0.39 is 0 Å². The number of carbonyl (C=O) groups is 1. The van der Waals surface area contributed by atoms with Crippen molar-refractivity contribution in [3.05, 3.63) is 29.8 Å². The van der Waals surface area contributed by atoms with E-state index in [0.717, 1.165) is 5.56 Å². The molecular weight excluding hydrogens is 268 g/mol. The number of nitrogens with one attached hydrogen (secondary N) is 1. The number of rotatable bonds is 8. The molecule has 0 spiro atoms. The minimum atomic E-state index is -0.112. The van der Waals surface area contributed by atoms with Crippen molar-refractivity contribution in [2.75, 3.05) is 19.8 Å². The Balaban J connectivity index is 2.43. The Morgan fingerprint density at radius 1 is 1.38 bits per heavy atom. The lowest BCUT2D eigenvalue weighted by Crippen LogP contribution is -2.35. The molecule has 0 aliphatic heterocycles. The van der Waals surface area contributed by atoms with Crippen molar-refractivity contribution in [3.8, 4) is 11.8 Å². The molecule has 114 valence electrons. The van der Waals surface area contributed by atoms with Crippen molar-refractivity contribution in [1.82, 2.24) is 5.32 Å². The Labute approximate surface area is 125 Å². The van der Waals surface area contributed by atoms with E-state index in [4.69, 9.17) is 15.1 Å². The van der Waals surface area contributed by atoms with Gasteiger partial charge in [0.25, 0.3) is 0 Å². The zero-order valence-electron chi connectivity index (χ0n) is 12.6. The fourth-order valence-electron chi connectivity index (χ4n) is 1.80. The molecule has 1 amide bonds. The zero-order valence-corrected chi connectivity index (χ0v) is 12.6. The third kappa shape index (κ3) is 6.77. The first-order chi connectivity index (χ1) is 9.96. The van der Waals surface area contributed by atoms with Gasteiger partial charge in [0, 0.05) is 13.2 Å². The van der Waals surface area contributed by atoms with Gasteiger partial charge in [0.05, 0.1) is 6.42 Å². The summed E-state index contributed by atoms with van der Waals surface area (Å²) < 4.78 is 5.15. The highest BCUT2D eigenvalue weighted by Crippen LogP contribution is 2.18. The van der Waals surface area contributed by atoms with Crippen molar-refractivity contribution in [3.63, 3.8) is 0 Å². The van der Waals surface area contributed by atoms with Crippen molar-refractivity contribution in [2.24, 2.45) is 5.41 Å². The summed E-state index contributed by atoms with van der Waals surface area (Å²) in [5, 5.41) is 20.2. The lowest BCUT2D eigenvalue weighted by atomic mass is 9.89. The smallest absolute Gasteiger partial charge is 0.224 e. The summed E-state index contributed by atoms with van der Waals surface area (Å²) in [6.45, 7) is 4.68. The number of aliphatic hydroxyl groups is 1. The van der Waals surface area contributed by atoms with Gasteiger partial charge in [0.1, 0.15) is 11.8 Å². The van der Waals surface area contributed by atoms with Gasteiger partial charge < -0.3 is 15.2 Å². The molecule has 0 heterocycles. The van der Waals surface area contributed by atoms with Crippen LogP contribution in [0.5, 0.6) is 5.75 Å². The predicted molar refractivity (Wildman–Crippen MR) is 79.7 cm³/mol. The number of hydrogen-bond donors (Lipinski definition) is 2. The van der Waals surface area contributed by atoms with Gasteiger partial charge in [-0.15, -0.1) is 0 Å². The van der Waals surface area contributed by atoms with Crippen LogP contribution in [-0.2, 0) is 11.2 Å². The molecule has 1 aromatic carbocycles. The fourth-order valence-corrected chi connectivity index (χ4v) is 1.80. The third-order valence-electron chi connectivity index (χ3n) is 3.14. The van der Waals surface area contributed by atoms with Crippen LogP contribution < -0.4 is 10.1 Å². The normalized spacial score (nSPS) is 10.8. The van der Waals surface area contributed by atoms with Gasteiger partial charge in [-0.2, -0.15) is 5.26 Å². The first-order valence-corrected chi connectivity index (χ1v) is 6.93. The Morgan fingerprint density at radius 3 is 2.62 bits per heavy atom. The molecule has 0 aromatic heterocycles. The molecular formula is C16H22N2O3. The summed E-state index contributed by atoms with van der Waals surface area (Å²) >= 11 is 0. The number of nitrogens with zero attached hydrogens (tertiary/aromatic N) is 1. The second-order valence-electron chi connectivity index (χ2n) is 5.68. The highest BCUT2D eigenvalue weighted by molar-refractivity contribution is 5.78. The number of carbonyl (C=O) groups excluding carboxylic acids is 1. The molecule has 21 heavy (non-hydrogen) atoms. The van der Waals surface area contributed by atoms with E-state index in [9.17, 15) is 4.79 Å². The summed E-state index contributed by atoms with van der Waals surface area (Å²) in [4.78, 5) is 11.9. The largest absolute Gasteiger partial charge is 0.479 e. The summed E-state index contributed by atoms with van der Waals surface area (Å²) in [5.74, 6) is 0.566. The van der Waals surface area contributed by atoms with Crippen molar-refractivity contribution < 1.29 is 14.6 Å². The molecule has 1 aromatic rings. The number of nitriles is 1. The average molecular weight is 290 g/mol. The average Bonchev–Trinajstić information content (AvgIpc) is 2.44. The van der Waals surface area contributed by atoms with Crippen LogP contribution in [0.15, 0.2) is 24.3 Å². The maximum atomic E-state index is 11.9. The highest BCUT2D eigenvalue weighted by Gasteiger charge is 2.18. The summed E-state index contributed by atoms with van der Waals surface area (Å²) in [5.41, 5.74) is 0.774. The van der Waals surface area contributed by atoms with E-state index in [1.165, 1.54) is 0 Å². The molecule has 0 unspecified atom stereocenters. The van der Waals surface area contributed by atoms with Crippen molar-refractivity contribution in [1.29, 1.82) is 5.26 Å². The van der Waals surface area contributed by atoms with Gasteiger partial charge in [-0.25, -0.2) is 0 Å². The molecule has 5 nitrogen and oxygen atoms in total. The first kappa shape index (κ1) is 17.0. The molecule has 0 aliphatic carbocycles. The fraction of sp³-hybridized carbons (Fsp3) is 0.500. The van der Waals surface area contributed by atoms with E-state index in [-0.39, 0.29) is 24.5 Å². The standard InChI is InChI=1S/C16H22N2O3/c1-16(2,7-9-19)12-18-15(20)11-13-3-5-14(6-4-13)21-10-8-17/h3-6,19H,7,9-12H2,1-2H3,(H,18,20). The van der Waals surface area contributed by atoms with Crippen LogP contribution in [-0.4, -0.2) is 30.8 Å². The summed E-state index contributed by atoms with van der Waals surface area (Å²) in [6.07, 6.45) is 0.950. The van der Waals surface area contributed by atoms with E-state index in [1.54, 1.807) is 12.1 Å². The number of hydrogen-bond acceptors (Lipinski definition) is 4. The van der Waals surface area contributed by atoms with Crippen LogP contribution in [0, 0.1) is 16.7 Å². The van der Waals surface area contributed by atoms with E-state index in [1.807, 2.05) is 32.0 Å².